The molecule has 0 aliphatic rings. The summed E-state index contributed by atoms with van der Waals surface area (Å²) in [5.74, 6) is 0. The first-order valence-corrected chi connectivity index (χ1v) is 23.4. The Morgan fingerprint density at radius 2 is 0.692 bits per heavy atom. The van der Waals surface area contributed by atoms with E-state index in [1.54, 1.807) is 0 Å². The summed E-state index contributed by atoms with van der Waals surface area (Å²) in [7, 11) is -2.99. The molecule has 0 fully saturated rings. The van der Waals surface area contributed by atoms with Gasteiger partial charge in [0.1, 0.15) is 0 Å². The number of hydrogen-bond donors (Lipinski definition) is 0. The van der Waals surface area contributed by atoms with Gasteiger partial charge in [0, 0.05) is 0 Å². The van der Waals surface area contributed by atoms with E-state index in [1.165, 1.54) is 141 Å². The first kappa shape index (κ1) is 39.6. The minimum Gasteiger partial charge on any atom is -0.0654 e. The van der Waals surface area contributed by atoms with Crippen LogP contribution in [0.15, 0.2) is 0 Å². The van der Waals surface area contributed by atoms with Crippen molar-refractivity contribution < 1.29 is 13.6 Å². The predicted octanol–water partition coefficient (Wildman–Crippen LogP) is 12.7. The van der Waals surface area contributed by atoms with Crippen LogP contribution in [0.4, 0.5) is 0 Å². The van der Waals surface area contributed by atoms with Gasteiger partial charge in [-0.1, -0.05) is 78.1 Å². The summed E-state index contributed by atoms with van der Waals surface area (Å²) in [4.78, 5) is 0. The summed E-state index contributed by atoms with van der Waals surface area (Å²) in [5.41, 5.74) is 0. The van der Waals surface area contributed by atoms with Crippen LogP contribution < -0.4 is 0 Å². The van der Waals surface area contributed by atoms with E-state index in [1.807, 2.05) is 0 Å². The van der Waals surface area contributed by atoms with Gasteiger partial charge >= 0.3 is 170 Å². The molecule has 39 heavy (non-hydrogen) atoms. The molecule has 238 valence electrons. The smallest absolute Gasteiger partial charge is 0.0654 e. The Balaban J connectivity index is 3.99. The van der Waals surface area contributed by atoms with Crippen LogP contribution in [0.25, 0.3) is 0 Å². The third kappa shape index (κ3) is 31.3. The molecule has 0 aromatic heterocycles. The van der Waals surface area contributed by atoms with Crippen LogP contribution >= 0.6 is 14.2 Å². The zero-order chi connectivity index (χ0) is 29.2. The zero-order valence-electron chi connectivity index (χ0n) is 27.9. The molecule has 0 unspecified atom stereocenters. The molecular weight excluding hydrogens is 518 g/mol. The molecule has 0 saturated heterocycles. The Hall–Kier alpha value is 0.580. The second-order valence-corrected chi connectivity index (χ2v) is 25.0. The summed E-state index contributed by atoms with van der Waals surface area (Å²) in [5, 5.41) is 0. The van der Waals surface area contributed by atoms with Crippen LogP contribution in [0.2, 0.25) is 0 Å². The zero-order valence-corrected chi connectivity index (χ0v) is 29.7. The van der Waals surface area contributed by atoms with Gasteiger partial charge in [0.05, 0.1) is 0 Å². The van der Waals surface area contributed by atoms with E-state index in [-0.39, 0.29) is 0 Å². The molecule has 3 nitrogen and oxygen atoms in total. The van der Waals surface area contributed by atoms with Gasteiger partial charge in [-0.15, -0.1) is 0 Å². The summed E-state index contributed by atoms with van der Waals surface area (Å²) in [6.45, 7) is 13.4. The van der Waals surface area contributed by atoms with Gasteiger partial charge in [0.2, 0.25) is 0 Å². The van der Waals surface area contributed by atoms with E-state index in [0.717, 1.165) is 19.0 Å². The average molecular weight is 593 g/mol. The Bertz CT molecular complexity index is 527. The van der Waals surface area contributed by atoms with Crippen LogP contribution in [0.3, 0.4) is 0 Å². The molecule has 0 spiro atoms. The van der Waals surface area contributed by atoms with Gasteiger partial charge in [-0.2, -0.15) is 0 Å². The molecule has 0 saturated carbocycles. The Labute approximate surface area is 247 Å². The fourth-order valence-corrected chi connectivity index (χ4v) is 10.3. The Morgan fingerprint density at radius 3 is 0.949 bits per heavy atom. The van der Waals surface area contributed by atoms with Crippen molar-refractivity contribution >= 4 is 14.2 Å². The van der Waals surface area contributed by atoms with Crippen LogP contribution in [-0.4, -0.2) is 52.2 Å². The molecule has 0 heterocycles. The first-order chi connectivity index (χ1) is 18.6. The minimum absolute atomic E-state index is 0.585. The van der Waals surface area contributed by atoms with Crippen molar-refractivity contribution in [3.8, 4) is 0 Å². The second-order valence-electron chi connectivity index (χ2n) is 14.5. The molecule has 0 aliphatic heterocycles. The summed E-state index contributed by atoms with van der Waals surface area (Å²) < 4.78 is 25.6. The second kappa shape index (κ2) is 25.1. The molecule has 0 rings (SSSR count). The van der Waals surface area contributed by atoms with E-state index < -0.39 is 14.2 Å². The minimum atomic E-state index is -2.99. The summed E-state index contributed by atoms with van der Waals surface area (Å²) in [6, 6.07) is 0. The molecule has 5 heteroatoms. The van der Waals surface area contributed by atoms with Crippen LogP contribution in [0.5, 0.6) is 0 Å². The maximum atomic E-state index is 13.6. The van der Waals surface area contributed by atoms with E-state index in [2.05, 4.69) is 40.5 Å². The molecule has 0 atom stereocenters. The third-order valence-electron chi connectivity index (χ3n) is 7.84. The van der Waals surface area contributed by atoms with Gasteiger partial charge < -0.3 is 0 Å². The predicted molar refractivity (Wildman–Crippen MR) is 182 cm³/mol. The van der Waals surface area contributed by atoms with Crippen molar-refractivity contribution in [2.75, 3.05) is 52.2 Å². The molecule has 0 aliphatic carbocycles. The van der Waals surface area contributed by atoms with Crippen molar-refractivity contribution in [1.82, 2.24) is 0 Å². The monoisotopic (exact) mass is 593 g/mol. The quantitative estimate of drug-likeness (QED) is 0.0593. The fraction of sp³-hybridized carbons (Fsp3) is 1.00. The molecule has 0 aromatic rings. The van der Waals surface area contributed by atoms with E-state index in [4.69, 9.17) is 9.05 Å². The molecule has 0 amide bonds. The van der Waals surface area contributed by atoms with Crippen molar-refractivity contribution in [1.29, 1.82) is 0 Å². The molecule has 0 aromatic carbocycles. The Morgan fingerprint density at radius 1 is 0.436 bits per heavy atom. The van der Waals surface area contributed by atoms with Gasteiger partial charge in [0.15, 0.2) is 0 Å². The topological polar surface area (TPSA) is 35.5 Å². The van der Waals surface area contributed by atoms with Gasteiger partial charge in [-0.3, -0.25) is 0 Å². The first-order valence-electron chi connectivity index (χ1n) is 17.5. The number of hydrogen-bond acceptors (Lipinski definition) is 3. The van der Waals surface area contributed by atoms with Crippen molar-refractivity contribution in [3.63, 3.8) is 0 Å². The molecular formula is C34H74O3P2. The molecule has 0 N–H and O–H groups in total. The SMILES string of the molecule is CCCCCCCCCCCCCCOP(=O)(CCP(C)(C)(C)C)OCCCCCCCCCCCCCC. The fourth-order valence-electron chi connectivity index (χ4n) is 4.98. The summed E-state index contributed by atoms with van der Waals surface area (Å²) >= 11 is 0. The van der Waals surface area contributed by atoms with Gasteiger partial charge in [-0.05, 0) is 0 Å². The van der Waals surface area contributed by atoms with Crippen molar-refractivity contribution in [2.45, 2.75) is 168 Å². The molecule has 0 bridgehead atoms. The van der Waals surface area contributed by atoms with Crippen molar-refractivity contribution in [3.05, 3.63) is 0 Å². The third-order valence-corrected chi connectivity index (χ3v) is 12.1. The number of rotatable bonds is 31. The van der Waals surface area contributed by atoms with E-state index in [9.17, 15) is 4.57 Å². The van der Waals surface area contributed by atoms with Crippen LogP contribution in [0, 0.1) is 0 Å². The van der Waals surface area contributed by atoms with Crippen molar-refractivity contribution in [2.24, 2.45) is 0 Å². The normalized spacial score (nSPS) is 13.5. The number of unbranched alkanes of at least 4 members (excludes halogenated alkanes) is 22. The van der Waals surface area contributed by atoms with Gasteiger partial charge in [0.25, 0.3) is 0 Å². The Kier molecular flexibility index (Phi) is 25.5. The standard InChI is InChI=1S/C34H74O3P2/c1-7-9-11-13-15-17-19-21-23-25-27-29-31-36-38(35,33-34-39(3,4,5)6)37-32-30-28-26-24-22-20-18-16-14-12-10-8-2/h7-34H2,1-6H3. The maximum absolute atomic E-state index is 13.6. The average Bonchev–Trinajstić information content (AvgIpc) is 2.88. The van der Waals surface area contributed by atoms with E-state index >= 15 is 0 Å². The van der Waals surface area contributed by atoms with E-state index in [0.29, 0.717) is 19.4 Å². The molecule has 0 radical (unpaired) electrons. The summed E-state index contributed by atoms with van der Waals surface area (Å²) in [6.07, 6.45) is 33.4. The van der Waals surface area contributed by atoms with Crippen LogP contribution in [0.1, 0.15) is 168 Å². The van der Waals surface area contributed by atoms with Gasteiger partial charge in [-0.25, -0.2) is 0 Å². The van der Waals surface area contributed by atoms with Crippen LogP contribution in [-0.2, 0) is 13.6 Å².